The summed E-state index contributed by atoms with van der Waals surface area (Å²) in [6.45, 7) is 6.03. The smallest absolute Gasteiger partial charge is 0.221 e. The average Bonchev–Trinajstić information content (AvgIpc) is 2.30. The molecule has 6 nitrogen and oxygen atoms in total. The lowest BCUT2D eigenvalue weighted by molar-refractivity contribution is -0.120. The SMILES string of the molecule is CCCN=C(NN)NCCC(=O)NCCC. The molecule has 0 aliphatic rings. The Morgan fingerprint density at radius 2 is 1.94 bits per heavy atom. The van der Waals surface area contributed by atoms with Gasteiger partial charge in [-0.15, -0.1) is 0 Å². The van der Waals surface area contributed by atoms with Crippen LogP contribution < -0.4 is 21.9 Å². The van der Waals surface area contributed by atoms with Crippen LogP contribution in [0.5, 0.6) is 0 Å². The highest BCUT2D eigenvalue weighted by Gasteiger charge is 2.00. The lowest BCUT2D eigenvalue weighted by Crippen LogP contribution is -2.43. The molecule has 0 heterocycles. The zero-order chi connectivity index (χ0) is 12.2. The Hall–Kier alpha value is -1.30. The van der Waals surface area contributed by atoms with Crippen molar-refractivity contribution in [2.45, 2.75) is 33.1 Å². The molecule has 0 bridgehead atoms. The molecule has 0 fully saturated rings. The van der Waals surface area contributed by atoms with Crippen molar-refractivity contribution in [2.75, 3.05) is 19.6 Å². The molecule has 0 aliphatic heterocycles. The first-order chi connectivity index (χ1) is 7.74. The summed E-state index contributed by atoms with van der Waals surface area (Å²) < 4.78 is 0. The van der Waals surface area contributed by atoms with Gasteiger partial charge in [-0.2, -0.15) is 0 Å². The fraction of sp³-hybridized carbons (Fsp3) is 0.800. The fourth-order valence-electron chi connectivity index (χ4n) is 1.02. The first-order valence-corrected chi connectivity index (χ1v) is 5.76. The number of hydrogen-bond donors (Lipinski definition) is 4. The molecule has 0 unspecified atom stereocenters. The average molecular weight is 229 g/mol. The Kier molecular flexibility index (Phi) is 9.39. The Morgan fingerprint density at radius 3 is 2.50 bits per heavy atom. The highest BCUT2D eigenvalue weighted by molar-refractivity contribution is 5.80. The van der Waals surface area contributed by atoms with E-state index < -0.39 is 0 Å². The molecule has 0 spiro atoms. The first kappa shape index (κ1) is 14.7. The number of nitrogens with two attached hydrogens (primary N) is 1. The van der Waals surface area contributed by atoms with Gasteiger partial charge in [0.1, 0.15) is 0 Å². The van der Waals surface area contributed by atoms with E-state index >= 15 is 0 Å². The van der Waals surface area contributed by atoms with E-state index in [-0.39, 0.29) is 5.91 Å². The van der Waals surface area contributed by atoms with Crippen molar-refractivity contribution in [3.63, 3.8) is 0 Å². The van der Waals surface area contributed by atoms with Crippen LogP contribution in [0.15, 0.2) is 4.99 Å². The number of hydrogen-bond acceptors (Lipinski definition) is 3. The quantitative estimate of drug-likeness (QED) is 0.209. The number of hydrazine groups is 1. The monoisotopic (exact) mass is 229 g/mol. The highest BCUT2D eigenvalue weighted by atomic mass is 16.1. The summed E-state index contributed by atoms with van der Waals surface area (Å²) in [7, 11) is 0. The van der Waals surface area contributed by atoms with Crippen LogP contribution in [0.1, 0.15) is 33.1 Å². The predicted octanol–water partition coefficient (Wildman–Crippen LogP) is -0.278. The molecule has 0 radical (unpaired) electrons. The van der Waals surface area contributed by atoms with Crippen molar-refractivity contribution in [1.82, 2.24) is 16.1 Å². The van der Waals surface area contributed by atoms with E-state index in [1.807, 2.05) is 13.8 Å². The van der Waals surface area contributed by atoms with E-state index in [9.17, 15) is 4.79 Å². The summed E-state index contributed by atoms with van der Waals surface area (Å²) in [4.78, 5) is 15.4. The standard InChI is InChI=1S/C10H23N5O/c1-3-6-12-9(16)5-8-14-10(15-11)13-7-4-2/h3-8,11H2,1-2H3,(H,12,16)(H2,13,14,15). The minimum atomic E-state index is 0.0428. The van der Waals surface area contributed by atoms with E-state index in [1.54, 1.807) is 0 Å². The molecule has 0 saturated carbocycles. The number of carbonyl (C=O) groups excluding carboxylic acids is 1. The second-order valence-corrected chi connectivity index (χ2v) is 3.40. The van der Waals surface area contributed by atoms with Gasteiger partial charge in [0, 0.05) is 26.1 Å². The zero-order valence-electron chi connectivity index (χ0n) is 10.2. The van der Waals surface area contributed by atoms with E-state index in [2.05, 4.69) is 21.1 Å². The fourth-order valence-corrected chi connectivity index (χ4v) is 1.02. The summed E-state index contributed by atoms with van der Waals surface area (Å²) in [5.41, 5.74) is 2.46. The van der Waals surface area contributed by atoms with Crippen LogP contribution in [0.25, 0.3) is 0 Å². The van der Waals surface area contributed by atoms with Crippen LogP contribution in [0, 0.1) is 0 Å². The minimum Gasteiger partial charge on any atom is -0.356 e. The summed E-state index contributed by atoms with van der Waals surface area (Å²) in [6, 6.07) is 0. The van der Waals surface area contributed by atoms with Gasteiger partial charge in [-0.25, -0.2) is 5.84 Å². The second-order valence-electron chi connectivity index (χ2n) is 3.40. The van der Waals surface area contributed by atoms with Crippen LogP contribution in [0.4, 0.5) is 0 Å². The molecule has 0 aromatic carbocycles. The van der Waals surface area contributed by atoms with Gasteiger partial charge in [0.2, 0.25) is 11.9 Å². The number of nitrogens with zero attached hydrogens (tertiary/aromatic N) is 1. The van der Waals surface area contributed by atoms with Gasteiger partial charge in [0.05, 0.1) is 0 Å². The third-order valence-electron chi connectivity index (χ3n) is 1.85. The van der Waals surface area contributed by atoms with E-state index in [0.29, 0.717) is 25.5 Å². The molecule has 0 saturated heterocycles. The number of guanidine groups is 1. The van der Waals surface area contributed by atoms with Crippen molar-refractivity contribution in [3.05, 3.63) is 0 Å². The van der Waals surface area contributed by atoms with E-state index in [1.165, 1.54) is 0 Å². The molecule has 0 aromatic rings. The molecule has 6 heteroatoms. The van der Waals surface area contributed by atoms with Gasteiger partial charge >= 0.3 is 0 Å². The first-order valence-electron chi connectivity index (χ1n) is 5.76. The maximum atomic E-state index is 11.2. The lowest BCUT2D eigenvalue weighted by Gasteiger charge is -2.08. The molecule has 0 rings (SSSR count). The van der Waals surface area contributed by atoms with Crippen molar-refractivity contribution in [1.29, 1.82) is 0 Å². The van der Waals surface area contributed by atoms with Crippen LogP contribution >= 0.6 is 0 Å². The van der Waals surface area contributed by atoms with E-state index in [4.69, 9.17) is 5.84 Å². The number of amides is 1. The number of nitrogens with one attached hydrogen (secondary N) is 3. The van der Waals surface area contributed by atoms with Gasteiger partial charge in [0.15, 0.2) is 0 Å². The summed E-state index contributed by atoms with van der Waals surface area (Å²) in [5.74, 6) is 5.84. The molecule has 16 heavy (non-hydrogen) atoms. The van der Waals surface area contributed by atoms with Crippen LogP contribution in [0.2, 0.25) is 0 Å². The topological polar surface area (TPSA) is 91.5 Å². The predicted molar refractivity (Wildman–Crippen MR) is 65.8 cm³/mol. The van der Waals surface area contributed by atoms with Crippen LogP contribution in [0.3, 0.4) is 0 Å². The molecular weight excluding hydrogens is 206 g/mol. The molecule has 94 valence electrons. The third-order valence-corrected chi connectivity index (χ3v) is 1.85. The highest BCUT2D eigenvalue weighted by Crippen LogP contribution is 1.81. The van der Waals surface area contributed by atoms with Crippen LogP contribution in [-0.2, 0) is 4.79 Å². The van der Waals surface area contributed by atoms with Gasteiger partial charge in [-0.05, 0) is 12.8 Å². The minimum absolute atomic E-state index is 0.0428. The Morgan fingerprint density at radius 1 is 1.19 bits per heavy atom. The van der Waals surface area contributed by atoms with Gasteiger partial charge < -0.3 is 10.6 Å². The zero-order valence-corrected chi connectivity index (χ0v) is 10.2. The summed E-state index contributed by atoms with van der Waals surface area (Å²) >= 11 is 0. The normalized spacial score (nSPS) is 11.1. The van der Waals surface area contributed by atoms with Crippen molar-refractivity contribution >= 4 is 11.9 Å². The third kappa shape index (κ3) is 8.05. The molecule has 0 aliphatic carbocycles. The van der Waals surface area contributed by atoms with Crippen molar-refractivity contribution < 1.29 is 4.79 Å². The molecule has 0 aromatic heterocycles. The lowest BCUT2D eigenvalue weighted by atomic mass is 10.4. The van der Waals surface area contributed by atoms with Gasteiger partial charge in [0.25, 0.3) is 0 Å². The maximum absolute atomic E-state index is 11.2. The van der Waals surface area contributed by atoms with Gasteiger partial charge in [-0.3, -0.25) is 15.2 Å². The molecule has 5 N–H and O–H groups in total. The Balaban J connectivity index is 3.65. The summed E-state index contributed by atoms with van der Waals surface area (Å²) in [5, 5.41) is 5.76. The second kappa shape index (κ2) is 10.2. The Labute approximate surface area is 97.0 Å². The number of carbonyl (C=O) groups is 1. The van der Waals surface area contributed by atoms with Crippen molar-refractivity contribution in [3.8, 4) is 0 Å². The summed E-state index contributed by atoms with van der Waals surface area (Å²) in [6.07, 6.45) is 2.34. The molecular formula is C10H23N5O. The Bertz CT molecular complexity index is 217. The van der Waals surface area contributed by atoms with Crippen molar-refractivity contribution in [2.24, 2.45) is 10.8 Å². The number of rotatable bonds is 7. The maximum Gasteiger partial charge on any atom is 0.221 e. The van der Waals surface area contributed by atoms with Gasteiger partial charge in [-0.1, -0.05) is 13.8 Å². The van der Waals surface area contributed by atoms with E-state index in [0.717, 1.165) is 19.4 Å². The largest absolute Gasteiger partial charge is 0.356 e. The molecule has 0 atom stereocenters. The number of aliphatic imine (C=N–C) groups is 1. The van der Waals surface area contributed by atoms with Crippen LogP contribution in [-0.4, -0.2) is 31.5 Å². The molecule has 1 amide bonds.